The van der Waals surface area contributed by atoms with Crippen molar-refractivity contribution in [3.63, 3.8) is 0 Å². The molecule has 4 atom stereocenters. The lowest BCUT2D eigenvalue weighted by Gasteiger charge is -2.31. The maximum Gasteiger partial charge on any atom is 0.255 e. The number of hydrogen-bond acceptors (Lipinski definition) is 4. The Morgan fingerprint density at radius 2 is 1.57 bits per heavy atom. The average Bonchev–Trinajstić information content (AvgIpc) is 3.41. The van der Waals surface area contributed by atoms with Crippen molar-refractivity contribution in [2.24, 2.45) is 18.7 Å². The van der Waals surface area contributed by atoms with Crippen LogP contribution in [0, 0.1) is 25.6 Å². The Morgan fingerprint density at radius 1 is 0.925 bits per heavy atom. The van der Waals surface area contributed by atoms with Crippen molar-refractivity contribution in [3.8, 4) is 0 Å². The predicted octanol–water partition coefficient (Wildman–Crippen LogP) is 5.16. The predicted molar refractivity (Wildman–Crippen MR) is 149 cm³/mol. The number of carbonyl (C=O) groups is 3. The quantitative estimate of drug-likeness (QED) is 0.330. The van der Waals surface area contributed by atoms with Crippen molar-refractivity contribution in [2.45, 2.75) is 31.8 Å². The molecular formula is C31H28ClFN4O3. The minimum atomic E-state index is -1.24. The third-order valence-electron chi connectivity index (χ3n) is 7.57. The van der Waals surface area contributed by atoms with Gasteiger partial charge in [0.15, 0.2) is 5.78 Å². The lowest BCUT2D eigenvalue weighted by atomic mass is 9.76. The zero-order valence-electron chi connectivity index (χ0n) is 22.2. The Morgan fingerprint density at radius 3 is 2.15 bits per heavy atom. The lowest BCUT2D eigenvalue weighted by molar-refractivity contribution is -0.122. The molecule has 2 amide bonds. The first-order chi connectivity index (χ1) is 19.1. The molecule has 4 unspecified atom stereocenters. The van der Waals surface area contributed by atoms with Gasteiger partial charge >= 0.3 is 0 Å². The molecule has 204 valence electrons. The molecule has 1 fully saturated rings. The van der Waals surface area contributed by atoms with Crippen molar-refractivity contribution < 1.29 is 18.8 Å². The smallest absolute Gasteiger partial charge is 0.255 e. The Balaban J connectivity index is 1.83. The normalized spacial score (nSPS) is 20.5. The summed E-state index contributed by atoms with van der Waals surface area (Å²) in [5.74, 6) is -3.92. The summed E-state index contributed by atoms with van der Waals surface area (Å²) in [6.45, 7) is 3.62. The van der Waals surface area contributed by atoms with Crippen LogP contribution in [0.25, 0.3) is 0 Å². The molecule has 0 spiro atoms. The summed E-state index contributed by atoms with van der Waals surface area (Å²) >= 11 is 6.78. The molecule has 0 aliphatic carbocycles. The van der Waals surface area contributed by atoms with Crippen molar-refractivity contribution in [2.75, 3.05) is 0 Å². The van der Waals surface area contributed by atoms with Gasteiger partial charge < -0.3 is 10.6 Å². The van der Waals surface area contributed by atoms with Crippen molar-refractivity contribution in [3.05, 3.63) is 123 Å². The molecule has 0 bridgehead atoms. The van der Waals surface area contributed by atoms with Gasteiger partial charge in [0.05, 0.1) is 17.7 Å². The SMILES string of the molecule is Cc1cccc(C(=O)C2C(c3ccc(F)cc3)C(C(N)=O)N(C(=O)c3ccccc3)C2c2c(C)nn(C)c2Cl)c1. The van der Waals surface area contributed by atoms with E-state index in [-0.39, 0.29) is 10.9 Å². The number of Topliss-reactive ketones (excluding diaryl/α,β-unsaturated/α-hetero) is 1. The van der Waals surface area contributed by atoms with Gasteiger partial charge in [-0.25, -0.2) is 4.39 Å². The monoisotopic (exact) mass is 558 g/mol. The summed E-state index contributed by atoms with van der Waals surface area (Å²) in [6, 6.07) is 18.9. The van der Waals surface area contributed by atoms with Crippen molar-refractivity contribution in [1.29, 1.82) is 0 Å². The number of hydrogen-bond donors (Lipinski definition) is 1. The van der Waals surface area contributed by atoms with Crippen LogP contribution in [0.5, 0.6) is 0 Å². The maximum absolute atomic E-state index is 14.5. The average molecular weight is 559 g/mol. The maximum atomic E-state index is 14.5. The van der Waals surface area contributed by atoms with Crippen LogP contribution in [0.15, 0.2) is 78.9 Å². The second kappa shape index (κ2) is 10.7. The second-order valence-electron chi connectivity index (χ2n) is 10.1. The molecule has 3 aromatic carbocycles. The van der Waals surface area contributed by atoms with Crippen LogP contribution in [0.3, 0.4) is 0 Å². The van der Waals surface area contributed by atoms with E-state index in [1.165, 1.54) is 33.8 Å². The fraction of sp³-hybridized carbons (Fsp3) is 0.226. The number of nitrogens with two attached hydrogens (primary N) is 1. The van der Waals surface area contributed by atoms with Crippen molar-refractivity contribution in [1.82, 2.24) is 14.7 Å². The van der Waals surface area contributed by atoms with Crippen LogP contribution in [0.1, 0.15) is 55.1 Å². The third kappa shape index (κ3) is 4.69. The first kappa shape index (κ1) is 27.3. The van der Waals surface area contributed by atoms with Crippen LogP contribution in [-0.4, -0.2) is 38.3 Å². The van der Waals surface area contributed by atoms with Gasteiger partial charge in [-0.05, 0) is 49.7 Å². The zero-order chi connectivity index (χ0) is 28.7. The highest BCUT2D eigenvalue weighted by Crippen LogP contribution is 2.53. The van der Waals surface area contributed by atoms with Crippen LogP contribution < -0.4 is 5.73 Å². The number of aromatic nitrogens is 2. The molecule has 2 heterocycles. The molecule has 1 aliphatic rings. The second-order valence-corrected chi connectivity index (χ2v) is 10.5. The van der Waals surface area contributed by atoms with Gasteiger partial charge in [-0.1, -0.05) is 65.7 Å². The Kier molecular flexibility index (Phi) is 7.29. The Hall–Kier alpha value is -4.30. The van der Waals surface area contributed by atoms with E-state index in [9.17, 15) is 18.8 Å². The van der Waals surface area contributed by atoms with Crippen LogP contribution in [-0.2, 0) is 11.8 Å². The number of primary amides is 1. The van der Waals surface area contributed by atoms with E-state index in [1.807, 2.05) is 13.0 Å². The topological polar surface area (TPSA) is 98.3 Å². The molecule has 4 aromatic rings. The Bertz CT molecular complexity index is 1600. The lowest BCUT2D eigenvalue weighted by Crippen LogP contribution is -2.46. The van der Waals surface area contributed by atoms with Gasteiger partial charge in [0, 0.05) is 29.7 Å². The van der Waals surface area contributed by atoms with Gasteiger partial charge in [-0.2, -0.15) is 5.10 Å². The van der Waals surface area contributed by atoms with Crippen LogP contribution in [0.2, 0.25) is 5.15 Å². The van der Waals surface area contributed by atoms with Gasteiger partial charge in [-0.3, -0.25) is 19.1 Å². The summed E-state index contributed by atoms with van der Waals surface area (Å²) in [4.78, 5) is 43.4. The van der Waals surface area contributed by atoms with Crippen LogP contribution in [0.4, 0.5) is 4.39 Å². The molecule has 40 heavy (non-hydrogen) atoms. The first-order valence-corrected chi connectivity index (χ1v) is 13.2. The number of carbonyl (C=O) groups excluding carboxylic acids is 3. The largest absolute Gasteiger partial charge is 0.368 e. The molecule has 9 heteroatoms. The number of likely N-dealkylation sites (tertiary alicyclic amines) is 1. The van der Waals surface area contributed by atoms with E-state index in [0.717, 1.165) is 5.56 Å². The number of benzene rings is 3. The van der Waals surface area contributed by atoms with Gasteiger partial charge in [0.2, 0.25) is 5.91 Å². The number of ketones is 1. The molecule has 5 rings (SSSR count). The molecule has 1 aromatic heterocycles. The summed E-state index contributed by atoms with van der Waals surface area (Å²) in [5, 5.41) is 4.69. The van der Waals surface area contributed by atoms with Gasteiger partial charge in [0.1, 0.15) is 17.0 Å². The highest BCUT2D eigenvalue weighted by Gasteiger charge is 2.58. The molecular weight excluding hydrogens is 531 g/mol. The van der Waals surface area contributed by atoms with Crippen LogP contribution >= 0.6 is 11.6 Å². The van der Waals surface area contributed by atoms with E-state index < -0.39 is 41.6 Å². The van der Waals surface area contributed by atoms with Crippen molar-refractivity contribution >= 4 is 29.2 Å². The van der Waals surface area contributed by atoms with E-state index >= 15 is 0 Å². The fourth-order valence-electron chi connectivity index (χ4n) is 5.88. The number of amides is 2. The highest BCUT2D eigenvalue weighted by atomic mass is 35.5. The fourth-order valence-corrected chi connectivity index (χ4v) is 6.17. The number of nitrogens with zero attached hydrogens (tertiary/aromatic N) is 3. The number of halogens is 2. The standard InChI is InChI=1S/C31H28ClFN4O3/c1-17-8-7-11-21(16-17)28(38)25-24(19-12-14-22(33)15-13-19)27(30(34)39)37(31(40)20-9-5-4-6-10-20)26(25)23-18(2)35-36(3)29(23)32/h4-16,24-27H,1-3H3,(H2,34,39). The molecule has 1 saturated heterocycles. The molecule has 0 radical (unpaired) electrons. The van der Waals surface area contributed by atoms with Gasteiger partial charge in [-0.15, -0.1) is 0 Å². The third-order valence-corrected chi connectivity index (χ3v) is 8.01. The summed E-state index contributed by atoms with van der Waals surface area (Å²) in [5.41, 5.74) is 9.10. The molecule has 2 N–H and O–H groups in total. The van der Waals surface area contributed by atoms with E-state index in [0.29, 0.717) is 27.9 Å². The molecule has 7 nitrogen and oxygen atoms in total. The summed E-state index contributed by atoms with van der Waals surface area (Å²) in [6.07, 6.45) is 0. The van der Waals surface area contributed by atoms with E-state index in [2.05, 4.69) is 5.10 Å². The zero-order valence-corrected chi connectivity index (χ0v) is 23.0. The first-order valence-electron chi connectivity index (χ1n) is 12.8. The number of aryl methyl sites for hydroxylation is 3. The highest BCUT2D eigenvalue weighted by molar-refractivity contribution is 6.30. The summed E-state index contributed by atoms with van der Waals surface area (Å²) in [7, 11) is 1.66. The number of rotatable bonds is 6. The minimum absolute atomic E-state index is 0.235. The van der Waals surface area contributed by atoms with Gasteiger partial charge in [0.25, 0.3) is 5.91 Å². The van der Waals surface area contributed by atoms with E-state index in [4.69, 9.17) is 17.3 Å². The Labute approximate surface area is 236 Å². The molecule has 0 saturated carbocycles. The minimum Gasteiger partial charge on any atom is -0.368 e. The molecule has 1 aliphatic heterocycles. The summed E-state index contributed by atoms with van der Waals surface area (Å²) < 4.78 is 15.5. The van der Waals surface area contributed by atoms with E-state index in [1.54, 1.807) is 62.5 Å².